The second-order valence-electron chi connectivity index (χ2n) is 3.91. The summed E-state index contributed by atoms with van der Waals surface area (Å²) in [6, 6.07) is 1.77. The molecule has 0 saturated carbocycles. The lowest BCUT2D eigenvalue weighted by Gasteiger charge is -2.08. The van der Waals surface area contributed by atoms with Gasteiger partial charge in [0.2, 0.25) is 5.88 Å². The van der Waals surface area contributed by atoms with E-state index in [1.54, 1.807) is 12.3 Å². The predicted octanol–water partition coefficient (Wildman–Crippen LogP) is 2.40. The fraction of sp³-hybridized carbons (Fsp3) is 0.545. The van der Waals surface area contributed by atoms with Crippen molar-refractivity contribution < 1.29 is 4.74 Å². The summed E-state index contributed by atoms with van der Waals surface area (Å²) in [6.45, 7) is 6.97. The van der Waals surface area contributed by atoms with Crippen molar-refractivity contribution in [2.24, 2.45) is 5.92 Å². The van der Waals surface area contributed by atoms with Gasteiger partial charge in [-0.2, -0.15) is 0 Å². The Hall–Kier alpha value is -1.25. The van der Waals surface area contributed by atoms with Gasteiger partial charge in [-0.1, -0.05) is 13.8 Å². The van der Waals surface area contributed by atoms with Gasteiger partial charge in [0.15, 0.2) is 0 Å². The van der Waals surface area contributed by atoms with Crippen LogP contribution in [0.3, 0.4) is 0 Å². The number of ether oxygens (including phenoxy) is 1. The van der Waals surface area contributed by atoms with Gasteiger partial charge in [-0.3, -0.25) is 0 Å². The zero-order valence-electron chi connectivity index (χ0n) is 9.08. The van der Waals surface area contributed by atoms with Gasteiger partial charge >= 0.3 is 0 Å². The molecule has 0 aliphatic rings. The number of aromatic nitrogens is 1. The van der Waals surface area contributed by atoms with E-state index in [9.17, 15) is 0 Å². The Morgan fingerprint density at radius 2 is 2.21 bits per heavy atom. The van der Waals surface area contributed by atoms with Gasteiger partial charge in [0.1, 0.15) is 0 Å². The molecule has 0 saturated heterocycles. The summed E-state index contributed by atoms with van der Waals surface area (Å²) >= 11 is 0. The van der Waals surface area contributed by atoms with E-state index in [4.69, 9.17) is 10.5 Å². The standard InChI is InChI=1S/C11H18N2O/c1-8(2)4-5-14-11-6-10(12)9(3)7-13-11/h6-8H,4-5H2,1-3H3,(H2,12,13). The number of hydrogen-bond donors (Lipinski definition) is 1. The molecule has 0 aliphatic carbocycles. The molecular formula is C11H18N2O. The number of hydrogen-bond acceptors (Lipinski definition) is 3. The number of anilines is 1. The molecule has 0 atom stereocenters. The number of pyridine rings is 1. The minimum Gasteiger partial charge on any atom is -0.478 e. The fourth-order valence-electron chi connectivity index (χ4n) is 0.997. The third-order valence-electron chi connectivity index (χ3n) is 2.06. The molecule has 78 valence electrons. The molecular weight excluding hydrogens is 176 g/mol. The van der Waals surface area contributed by atoms with Crippen LogP contribution in [-0.4, -0.2) is 11.6 Å². The van der Waals surface area contributed by atoms with Crippen molar-refractivity contribution in [2.75, 3.05) is 12.3 Å². The maximum atomic E-state index is 5.73. The average molecular weight is 194 g/mol. The molecule has 0 fully saturated rings. The lowest BCUT2D eigenvalue weighted by Crippen LogP contribution is -2.03. The number of nitrogen functional groups attached to an aromatic ring is 1. The largest absolute Gasteiger partial charge is 0.478 e. The third kappa shape index (κ3) is 3.24. The monoisotopic (exact) mass is 194 g/mol. The van der Waals surface area contributed by atoms with Crippen LogP contribution in [0, 0.1) is 12.8 Å². The Kier molecular flexibility index (Phi) is 3.74. The number of nitrogens with two attached hydrogens (primary N) is 1. The summed E-state index contributed by atoms with van der Waals surface area (Å²) in [4.78, 5) is 4.13. The zero-order chi connectivity index (χ0) is 10.6. The van der Waals surface area contributed by atoms with E-state index in [-0.39, 0.29) is 0 Å². The first-order valence-corrected chi connectivity index (χ1v) is 4.94. The van der Waals surface area contributed by atoms with E-state index in [2.05, 4.69) is 18.8 Å². The van der Waals surface area contributed by atoms with E-state index >= 15 is 0 Å². The normalized spacial score (nSPS) is 10.6. The van der Waals surface area contributed by atoms with Crippen LogP contribution in [0.15, 0.2) is 12.3 Å². The molecule has 2 N–H and O–H groups in total. The first-order chi connectivity index (χ1) is 6.59. The second-order valence-corrected chi connectivity index (χ2v) is 3.91. The van der Waals surface area contributed by atoms with E-state index < -0.39 is 0 Å². The Balaban J connectivity index is 2.47. The first kappa shape index (κ1) is 10.8. The lowest BCUT2D eigenvalue weighted by molar-refractivity contribution is 0.279. The highest BCUT2D eigenvalue weighted by atomic mass is 16.5. The molecule has 1 aromatic rings. The summed E-state index contributed by atoms with van der Waals surface area (Å²) in [6.07, 6.45) is 2.77. The number of aryl methyl sites for hydroxylation is 1. The minimum atomic E-state index is 0.619. The number of nitrogens with zero attached hydrogens (tertiary/aromatic N) is 1. The topological polar surface area (TPSA) is 48.1 Å². The van der Waals surface area contributed by atoms with Gasteiger partial charge in [-0.15, -0.1) is 0 Å². The van der Waals surface area contributed by atoms with Crippen LogP contribution in [0.5, 0.6) is 5.88 Å². The summed E-state index contributed by atoms with van der Waals surface area (Å²) in [7, 11) is 0. The van der Waals surface area contributed by atoms with Gasteiger partial charge in [0.25, 0.3) is 0 Å². The van der Waals surface area contributed by atoms with E-state index in [0.717, 1.165) is 17.7 Å². The van der Waals surface area contributed by atoms with Crippen molar-refractivity contribution in [2.45, 2.75) is 27.2 Å². The van der Waals surface area contributed by atoms with Crippen LogP contribution < -0.4 is 10.5 Å². The maximum absolute atomic E-state index is 5.73. The summed E-state index contributed by atoms with van der Waals surface area (Å²) in [5.41, 5.74) is 7.46. The van der Waals surface area contributed by atoms with Crippen molar-refractivity contribution in [1.29, 1.82) is 0 Å². The zero-order valence-corrected chi connectivity index (χ0v) is 9.08. The molecule has 0 aliphatic heterocycles. The molecule has 1 heterocycles. The van der Waals surface area contributed by atoms with Gasteiger partial charge < -0.3 is 10.5 Å². The maximum Gasteiger partial charge on any atom is 0.215 e. The van der Waals surface area contributed by atoms with E-state index in [1.165, 1.54) is 0 Å². The number of rotatable bonds is 4. The van der Waals surface area contributed by atoms with Gasteiger partial charge in [0, 0.05) is 18.0 Å². The quantitative estimate of drug-likeness (QED) is 0.800. The van der Waals surface area contributed by atoms with Crippen LogP contribution in [0.4, 0.5) is 5.69 Å². The Morgan fingerprint density at radius 1 is 1.50 bits per heavy atom. The van der Waals surface area contributed by atoms with Crippen molar-refractivity contribution in [3.05, 3.63) is 17.8 Å². The molecule has 3 heteroatoms. The molecule has 3 nitrogen and oxygen atoms in total. The highest BCUT2D eigenvalue weighted by Gasteiger charge is 2.00. The van der Waals surface area contributed by atoms with Crippen molar-refractivity contribution in [3.63, 3.8) is 0 Å². The third-order valence-corrected chi connectivity index (χ3v) is 2.06. The summed E-state index contributed by atoms with van der Waals surface area (Å²) in [5.74, 6) is 1.27. The molecule has 0 bridgehead atoms. The van der Waals surface area contributed by atoms with Gasteiger partial charge in [-0.05, 0) is 24.8 Å². The van der Waals surface area contributed by atoms with Crippen LogP contribution in [0.2, 0.25) is 0 Å². The average Bonchev–Trinajstić information content (AvgIpc) is 2.10. The smallest absolute Gasteiger partial charge is 0.215 e. The Labute approximate surface area is 85.3 Å². The summed E-state index contributed by atoms with van der Waals surface area (Å²) in [5, 5.41) is 0. The van der Waals surface area contributed by atoms with Crippen molar-refractivity contribution in [1.82, 2.24) is 4.98 Å². The van der Waals surface area contributed by atoms with Crippen LogP contribution >= 0.6 is 0 Å². The Morgan fingerprint density at radius 3 is 2.79 bits per heavy atom. The predicted molar refractivity (Wildman–Crippen MR) is 58.3 cm³/mol. The SMILES string of the molecule is Cc1cnc(OCCC(C)C)cc1N. The molecule has 0 aromatic carbocycles. The molecule has 14 heavy (non-hydrogen) atoms. The van der Waals surface area contributed by atoms with Crippen LogP contribution in [0.25, 0.3) is 0 Å². The molecule has 0 unspecified atom stereocenters. The molecule has 1 rings (SSSR count). The first-order valence-electron chi connectivity index (χ1n) is 4.94. The second kappa shape index (κ2) is 4.84. The molecule has 0 spiro atoms. The van der Waals surface area contributed by atoms with Gasteiger partial charge in [-0.25, -0.2) is 4.98 Å². The minimum absolute atomic E-state index is 0.619. The lowest BCUT2D eigenvalue weighted by atomic mass is 10.1. The van der Waals surface area contributed by atoms with Crippen molar-refractivity contribution >= 4 is 5.69 Å². The van der Waals surface area contributed by atoms with Crippen molar-refractivity contribution in [3.8, 4) is 5.88 Å². The fourth-order valence-corrected chi connectivity index (χ4v) is 0.997. The highest BCUT2D eigenvalue weighted by Crippen LogP contribution is 2.15. The van der Waals surface area contributed by atoms with E-state index in [0.29, 0.717) is 18.4 Å². The van der Waals surface area contributed by atoms with Crippen LogP contribution in [0.1, 0.15) is 25.8 Å². The van der Waals surface area contributed by atoms with Crippen LogP contribution in [-0.2, 0) is 0 Å². The van der Waals surface area contributed by atoms with Gasteiger partial charge in [0.05, 0.1) is 6.61 Å². The Bertz CT molecular complexity index is 297. The highest BCUT2D eigenvalue weighted by molar-refractivity contribution is 5.46. The van der Waals surface area contributed by atoms with E-state index in [1.807, 2.05) is 6.92 Å². The summed E-state index contributed by atoms with van der Waals surface area (Å²) < 4.78 is 5.46. The molecule has 0 amide bonds. The molecule has 1 aromatic heterocycles. The molecule has 0 radical (unpaired) electrons.